The quantitative estimate of drug-likeness (QED) is 0.539. The molecule has 1 aliphatic rings. The third-order valence-electron chi connectivity index (χ3n) is 2.55. The van der Waals surface area contributed by atoms with E-state index in [1.165, 1.54) is 11.4 Å². The summed E-state index contributed by atoms with van der Waals surface area (Å²) in [4.78, 5) is 23.6. The summed E-state index contributed by atoms with van der Waals surface area (Å²) in [5, 5.41) is 1.53. The molecule has 0 saturated carbocycles. The summed E-state index contributed by atoms with van der Waals surface area (Å²) < 4.78 is 28.9. The monoisotopic (exact) mass is 275 g/mol. The number of amides is 1. The molecule has 0 bridgehead atoms. The Balaban J connectivity index is 2.68. The van der Waals surface area contributed by atoms with Crippen LogP contribution in [0.4, 0.5) is 0 Å². The van der Waals surface area contributed by atoms with E-state index in [0.29, 0.717) is 4.31 Å². The number of carbonyl (C=O) groups is 2. The molecule has 0 radical (unpaired) electrons. The minimum Gasteiger partial charge on any atom is -0.468 e. The number of nitrogens with zero attached hydrogens (tertiary/aromatic N) is 1. The SMILES string of the molecule is COC(=O)C1C(=O)N(C)S(=O)(=O)c2ccsc21. The first-order chi connectivity index (χ1) is 7.91. The molecule has 1 unspecified atom stereocenters. The number of carbonyl (C=O) groups excluding carboxylic acids is 2. The van der Waals surface area contributed by atoms with Gasteiger partial charge in [0.05, 0.1) is 7.11 Å². The second kappa shape index (κ2) is 3.81. The van der Waals surface area contributed by atoms with Gasteiger partial charge in [-0.15, -0.1) is 11.3 Å². The van der Waals surface area contributed by atoms with Gasteiger partial charge in [-0.05, 0) is 11.4 Å². The van der Waals surface area contributed by atoms with Crippen LogP contribution in [0.25, 0.3) is 0 Å². The molecule has 0 aliphatic carbocycles. The van der Waals surface area contributed by atoms with E-state index < -0.39 is 27.8 Å². The number of methoxy groups -OCH3 is 1. The van der Waals surface area contributed by atoms with Crippen LogP contribution >= 0.6 is 11.3 Å². The molecule has 0 spiro atoms. The second-order valence-corrected chi connectivity index (χ2v) is 6.30. The van der Waals surface area contributed by atoms with E-state index in [-0.39, 0.29) is 9.77 Å². The minimum absolute atomic E-state index is 0.000000000000000222. The molecule has 2 heterocycles. The Morgan fingerprint density at radius 2 is 2.18 bits per heavy atom. The fourth-order valence-corrected chi connectivity index (χ4v) is 4.28. The Hall–Kier alpha value is -1.41. The third kappa shape index (κ3) is 1.55. The van der Waals surface area contributed by atoms with E-state index in [1.54, 1.807) is 0 Å². The lowest BCUT2D eigenvalue weighted by atomic mass is 10.1. The van der Waals surface area contributed by atoms with Crippen LogP contribution in [0.3, 0.4) is 0 Å². The molecule has 1 aromatic heterocycles. The maximum absolute atomic E-state index is 11.9. The number of esters is 1. The van der Waals surface area contributed by atoms with Gasteiger partial charge in [-0.3, -0.25) is 9.59 Å². The van der Waals surface area contributed by atoms with Crippen molar-refractivity contribution in [2.75, 3.05) is 14.2 Å². The van der Waals surface area contributed by atoms with E-state index in [4.69, 9.17) is 0 Å². The molecular formula is C9H9NO5S2. The lowest BCUT2D eigenvalue weighted by Gasteiger charge is -2.27. The van der Waals surface area contributed by atoms with Gasteiger partial charge in [0.25, 0.3) is 15.9 Å². The zero-order valence-electron chi connectivity index (χ0n) is 9.04. The normalized spacial score (nSPS) is 22.1. The summed E-state index contributed by atoms with van der Waals surface area (Å²) in [7, 11) is -1.52. The standard InChI is InChI=1S/C9H9NO5S2/c1-10-8(11)6(9(12)15-2)7-5(3-4-16-7)17(10,13)14/h3-4,6H,1-2H3. The van der Waals surface area contributed by atoms with Crippen LogP contribution in [0, 0.1) is 0 Å². The van der Waals surface area contributed by atoms with E-state index in [0.717, 1.165) is 25.5 Å². The summed E-state index contributed by atoms with van der Waals surface area (Å²) in [6.07, 6.45) is 0. The van der Waals surface area contributed by atoms with Crippen molar-refractivity contribution in [3.05, 3.63) is 16.3 Å². The number of sulfonamides is 1. The highest BCUT2D eigenvalue weighted by Gasteiger charge is 2.46. The smallest absolute Gasteiger partial charge is 0.323 e. The Morgan fingerprint density at radius 3 is 2.76 bits per heavy atom. The first-order valence-corrected chi connectivity index (χ1v) is 6.91. The number of hydrogen-bond acceptors (Lipinski definition) is 6. The lowest BCUT2D eigenvalue weighted by Crippen LogP contribution is -2.43. The largest absolute Gasteiger partial charge is 0.468 e. The van der Waals surface area contributed by atoms with Gasteiger partial charge >= 0.3 is 5.97 Å². The highest BCUT2D eigenvalue weighted by atomic mass is 32.2. The van der Waals surface area contributed by atoms with Crippen molar-refractivity contribution in [3.8, 4) is 0 Å². The van der Waals surface area contributed by atoms with Crippen molar-refractivity contribution in [2.45, 2.75) is 10.8 Å². The predicted molar refractivity (Wildman–Crippen MR) is 59.0 cm³/mol. The van der Waals surface area contributed by atoms with Crippen LogP contribution in [0.5, 0.6) is 0 Å². The van der Waals surface area contributed by atoms with Crippen LogP contribution in [0.1, 0.15) is 10.8 Å². The fraction of sp³-hybridized carbons (Fsp3) is 0.333. The van der Waals surface area contributed by atoms with Gasteiger partial charge in [0, 0.05) is 11.9 Å². The highest BCUT2D eigenvalue weighted by molar-refractivity contribution is 7.90. The summed E-state index contributed by atoms with van der Waals surface area (Å²) in [6, 6.07) is 1.38. The van der Waals surface area contributed by atoms with Crippen LogP contribution in [0.15, 0.2) is 16.3 Å². The molecule has 1 amide bonds. The predicted octanol–water partition coefficient (Wildman–Crippen LogP) is 0.165. The van der Waals surface area contributed by atoms with Crippen molar-refractivity contribution >= 4 is 33.2 Å². The minimum atomic E-state index is -3.81. The van der Waals surface area contributed by atoms with Crippen molar-refractivity contribution < 1.29 is 22.7 Å². The Kier molecular flexibility index (Phi) is 2.70. The maximum atomic E-state index is 11.9. The van der Waals surface area contributed by atoms with Crippen LogP contribution in [-0.2, 0) is 24.3 Å². The van der Waals surface area contributed by atoms with Gasteiger partial charge in [0.15, 0.2) is 5.92 Å². The lowest BCUT2D eigenvalue weighted by molar-refractivity contribution is -0.147. The van der Waals surface area contributed by atoms with Gasteiger partial charge < -0.3 is 4.74 Å². The zero-order chi connectivity index (χ0) is 12.8. The van der Waals surface area contributed by atoms with E-state index in [9.17, 15) is 18.0 Å². The molecule has 92 valence electrons. The van der Waals surface area contributed by atoms with Crippen LogP contribution in [0.2, 0.25) is 0 Å². The van der Waals surface area contributed by atoms with Crippen molar-refractivity contribution in [1.82, 2.24) is 4.31 Å². The average Bonchev–Trinajstić information content (AvgIpc) is 2.76. The van der Waals surface area contributed by atoms with Gasteiger partial charge in [0.1, 0.15) is 4.90 Å². The van der Waals surface area contributed by atoms with E-state index in [2.05, 4.69) is 4.74 Å². The number of ether oxygens (including phenoxy) is 1. The second-order valence-electron chi connectivity index (χ2n) is 3.42. The molecule has 17 heavy (non-hydrogen) atoms. The molecule has 0 N–H and O–H groups in total. The molecule has 6 nitrogen and oxygen atoms in total. The molecule has 8 heteroatoms. The number of likely N-dealkylation sites (N-methyl/N-ethyl adjacent to an activating group) is 1. The first-order valence-electron chi connectivity index (χ1n) is 4.59. The number of thiophene rings is 1. The average molecular weight is 275 g/mol. The van der Waals surface area contributed by atoms with Crippen molar-refractivity contribution in [1.29, 1.82) is 0 Å². The van der Waals surface area contributed by atoms with Crippen molar-refractivity contribution in [2.24, 2.45) is 0 Å². The zero-order valence-corrected chi connectivity index (χ0v) is 10.7. The summed E-state index contributed by atoms with van der Waals surface area (Å²) in [5.74, 6) is -2.71. The first kappa shape index (κ1) is 12.1. The van der Waals surface area contributed by atoms with Crippen molar-refractivity contribution in [3.63, 3.8) is 0 Å². The molecule has 1 atom stereocenters. The van der Waals surface area contributed by atoms with Gasteiger partial charge in [-0.2, -0.15) is 0 Å². The molecule has 1 aromatic rings. The number of fused-ring (bicyclic) bond motifs is 1. The van der Waals surface area contributed by atoms with Gasteiger partial charge in [0.2, 0.25) is 0 Å². The molecule has 0 aromatic carbocycles. The van der Waals surface area contributed by atoms with E-state index >= 15 is 0 Å². The molecule has 0 saturated heterocycles. The molecule has 2 rings (SSSR count). The van der Waals surface area contributed by atoms with E-state index in [1.807, 2.05) is 0 Å². The molecular weight excluding hydrogens is 266 g/mol. The van der Waals surface area contributed by atoms with Crippen LogP contribution < -0.4 is 0 Å². The summed E-state index contributed by atoms with van der Waals surface area (Å²) in [5.41, 5.74) is 0. The maximum Gasteiger partial charge on any atom is 0.323 e. The number of hydrogen-bond donors (Lipinski definition) is 0. The Labute approximate surface area is 102 Å². The summed E-state index contributed by atoms with van der Waals surface area (Å²) in [6.45, 7) is 0. The van der Waals surface area contributed by atoms with Gasteiger partial charge in [-0.1, -0.05) is 0 Å². The molecule has 0 fully saturated rings. The van der Waals surface area contributed by atoms with Crippen LogP contribution in [-0.4, -0.2) is 38.8 Å². The third-order valence-corrected chi connectivity index (χ3v) is 5.48. The fourth-order valence-electron chi connectivity index (χ4n) is 1.62. The molecule has 1 aliphatic heterocycles. The highest BCUT2D eigenvalue weighted by Crippen LogP contribution is 2.38. The summed E-state index contributed by atoms with van der Waals surface area (Å²) >= 11 is 1.06. The van der Waals surface area contributed by atoms with Gasteiger partial charge in [-0.25, -0.2) is 12.7 Å². The number of rotatable bonds is 1. The topological polar surface area (TPSA) is 80.8 Å². The Bertz CT molecular complexity index is 588. The Morgan fingerprint density at radius 1 is 1.53 bits per heavy atom.